The molecule has 0 bridgehead atoms. The average Bonchev–Trinajstić information content (AvgIpc) is 2.98. The Hall–Kier alpha value is -2.87. The fourth-order valence-corrected chi connectivity index (χ4v) is 3.17. The lowest BCUT2D eigenvalue weighted by molar-refractivity contribution is 0.0606. The van der Waals surface area contributed by atoms with E-state index in [4.69, 9.17) is 9.84 Å². The lowest BCUT2D eigenvalue weighted by atomic mass is 9.94. The third kappa shape index (κ3) is 4.60. The van der Waals surface area contributed by atoms with Crippen molar-refractivity contribution in [2.24, 2.45) is 0 Å². The van der Waals surface area contributed by atoms with Gasteiger partial charge in [-0.15, -0.1) is 11.3 Å². The van der Waals surface area contributed by atoms with E-state index in [1.165, 1.54) is 42.7 Å². The van der Waals surface area contributed by atoms with Gasteiger partial charge in [-0.3, -0.25) is 0 Å². The van der Waals surface area contributed by atoms with Gasteiger partial charge in [0.1, 0.15) is 4.88 Å². The summed E-state index contributed by atoms with van der Waals surface area (Å²) in [5.41, 5.74) is 0.734. The fraction of sp³-hybridized carbons (Fsp3) is 0.278. The zero-order valence-corrected chi connectivity index (χ0v) is 15.7. The quantitative estimate of drug-likeness (QED) is 0.695. The highest BCUT2D eigenvalue weighted by molar-refractivity contribution is 7.14. The van der Waals surface area contributed by atoms with Crippen LogP contribution >= 0.6 is 11.3 Å². The highest BCUT2D eigenvalue weighted by Crippen LogP contribution is 2.35. The maximum absolute atomic E-state index is 12.2. The zero-order valence-electron chi connectivity index (χ0n) is 14.9. The van der Waals surface area contributed by atoms with Crippen molar-refractivity contribution in [3.63, 3.8) is 0 Å². The van der Waals surface area contributed by atoms with Crippen molar-refractivity contribution in [3.8, 4) is 0 Å². The van der Waals surface area contributed by atoms with Crippen molar-refractivity contribution in [2.75, 3.05) is 17.7 Å². The van der Waals surface area contributed by atoms with Crippen LogP contribution in [0.3, 0.4) is 0 Å². The second-order valence-corrected chi connectivity index (χ2v) is 7.61. The van der Waals surface area contributed by atoms with Crippen LogP contribution in [0.25, 0.3) is 0 Å². The molecular weight excluding hydrogens is 356 g/mol. The number of amides is 2. The van der Waals surface area contributed by atoms with Gasteiger partial charge in [-0.1, -0.05) is 20.8 Å². The number of carboxylic acids is 1. The van der Waals surface area contributed by atoms with E-state index in [9.17, 15) is 14.4 Å². The Morgan fingerprint density at radius 1 is 1.08 bits per heavy atom. The summed E-state index contributed by atoms with van der Waals surface area (Å²) in [6, 6.07) is 6.96. The van der Waals surface area contributed by atoms with Crippen molar-refractivity contribution in [1.82, 2.24) is 0 Å². The molecule has 1 aromatic carbocycles. The lowest BCUT2D eigenvalue weighted by Gasteiger charge is -2.15. The number of esters is 1. The molecule has 0 unspecified atom stereocenters. The zero-order chi connectivity index (χ0) is 19.5. The van der Waals surface area contributed by atoms with Gasteiger partial charge in [0.05, 0.1) is 18.4 Å². The average molecular weight is 376 g/mol. The van der Waals surface area contributed by atoms with Crippen LogP contribution in [-0.2, 0) is 10.2 Å². The molecular formula is C18H20N2O5S. The Kier molecular flexibility index (Phi) is 5.66. The number of thiophene rings is 1. The van der Waals surface area contributed by atoms with Crippen molar-refractivity contribution < 1.29 is 24.2 Å². The van der Waals surface area contributed by atoms with Crippen molar-refractivity contribution >= 4 is 40.7 Å². The maximum atomic E-state index is 12.2. The summed E-state index contributed by atoms with van der Waals surface area (Å²) in [4.78, 5) is 36.3. The number of ether oxygens (including phenoxy) is 1. The number of hydrogen-bond donors (Lipinski definition) is 3. The first-order valence-electron chi connectivity index (χ1n) is 7.76. The summed E-state index contributed by atoms with van der Waals surface area (Å²) in [5, 5.41) is 14.1. The maximum Gasteiger partial charge on any atom is 0.350 e. The molecule has 0 radical (unpaired) electrons. The molecule has 8 heteroatoms. The Balaban J connectivity index is 2.18. The summed E-state index contributed by atoms with van der Waals surface area (Å²) in [5.74, 6) is -1.57. The highest BCUT2D eigenvalue weighted by atomic mass is 32.1. The van der Waals surface area contributed by atoms with E-state index in [-0.39, 0.29) is 11.0 Å². The van der Waals surface area contributed by atoms with Crippen LogP contribution in [-0.4, -0.2) is 30.2 Å². The number of methoxy groups -OCH3 is 1. The molecule has 2 rings (SSSR count). The minimum atomic E-state index is -1.04. The molecule has 2 amide bonds. The number of carbonyl (C=O) groups is 3. The third-order valence-electron chi connectivity index (χ3n) is 3.48. The van der Waals surface area contributed by atoms with Gasteiger partial charge >= 0.3 is 18.0 Å². The first-order valence-corrected chi connectivity index (χ1v) is 8.57. The van der Waals surface area contributed by atoms with Gasteiger partial charge in [-0.25, -0.2) is 14.4 Å². The number of hydrogen-bond acceptors (Lipinski definition) is 5. The summed E-state index contributed by atoms with van der Waals surface area (Å²) in [6.07, 6.45) is 0. The molecule has 7 nitrogen and oxygen atoms in total. The molecule has 0 saturated carbocycles. The summed E-state index contributed by atoms with van der Waals surface area (Å²) in [6.45, 7) is 6.02. The number of anilines is 2. The van der Waals surface area contributed by atoms with Gasteiger partial charge in [0.25, 0.3) is 0 Å². The number of aromatic carboxylic acids is 1. The van der Waals surface area contributed by atoms with Crippen LogP contribution in [0.15, 0.2) is 30.3 Å². The van der Waals surface area contributed by atoms with Gasteiger partial charge in [0.2, 0.25) is 0 Å². The van der Waals surface area contributed by atoms with Crippen LogP contribution in [0.1, 0.15) is 45.7 Å². The second-order valence-electron chi connectivity index (χ2n) is 6.56. The summed E-state index contributed by atoms with van der Waals surface area (Å²) in [7, 11) is 1.28. The predicted molar refractivity (Wildman–Crippen MR) is 100 cm³/mol. The van der Waals surface area contributed by atoms with E-state index in [2.05, 4.69) is 10.6 Å². The van der Waals surface area contributed by atoms with E-state index < -0.39 is 18.0 Å². The van der Waals surface area contributed by atoms with Crippen LogP contribution in [0.4, 0.5) is 16.2 Å². The molecule has 138 valence electrons. The molecule has 1 heterocycles. The molecule has 0 aliphatic heterocycles. The minimum Gasteiger partial charge on any atom is -0.478 e. The SMILES string of the molecule is COC(=O)c1sc(C(C)(C)C)cc1NC(=O)Nc1ccc(C(=O)O)cc1. The van der Waals surface area contributed by atoms with Gasteiger partial charge in [-0.2, -0.15) is 0 Å². The van der Waals surface area contributed by atoms with Gasteiger partial charge < -0.3 is 20.5 Å². The number of rotatable bonds is 4. The first-order chi connectivity index (χ1) is 12.1. The van der Waals surface area contributed by atoms with Crippen LogP contribution < -0.4 is 10.6 Å². The van der Waals surface area contributed by atoms with Crippen molar-refractivity contribution in [3.05, 3.63) is 45.6 Å². The predicted octanol–water partition coefficient (Wildman–Crippen LogP) is 4.17. The van der Waals surface area contributed by atoms with Crippen LogP contribution in [0.5, 0.6) is 0 Å². The molecule has 0 atom stereocenters. The Labute approximate surface area is 155 Å². The van der Waals surface area contributed by atoms with E-state index in [1.54, 1.807) is 6.07 Å². The lowest BCUT2D eigenvalue weighted by Crippen LogP contribution is -2.20. The molecule has 0 saturated heterocycles. The van der Waals surface area contributed by atoms with E-state index >= 15 is 0 Å². The highest BCUT2D eigenvalue weighted by Gasteiger charge is 2.24. The summed E-state index contributed by atoms with van der Waals surface area (Å²) < 4.78 is 4.78. The number of nitrogens with one attached hydrogen (secondary N) is 2. The number of carboxylic acid groups (broad SMARTS) is 1. The first kappa shape index (κ1) is 19.5. The number of benzene rings is 1. The van der Waals surface area contributed by atoms with Crippen LogP contribution in [0, 0.1) is 0 Å². The normalized spacial score (nSPS) is 10.9. The molecule has 0 spiro atoms. The minimum absolute atomic E-state index is 0.122. The Bertz CT molecular complexity index is 834. The summed E-state index contributed by atoms with van der Waals surface area (Å²) >= 11 is 1.27. The largest absolute Gasteiger partial charge is 0.478 e. The number of urea groups is 1. The van der Waals surface area contributed by atoms with E-state index in [1.807, 2.05) is 20.8 Å². The van der Waals surface area contributed by atoms with Gasteiger partial charge in [0, 0.05) is 10.6 Å². The molecule has 3 N–H and O–H groups in total. The molecule has 26 heavy (non-hydrogen) atoms. The molecule has 0 aliphatic carbocycles. The smallest absolute Gasteiger partial charge is 0.350 e. The Morgan fingerprint density at radius 3 is 2.19 bits per heavy atom. The monoisotopic (exact) mass is 376 g/mol. The topological polar surface area (TPSA) is 105 Å². The third-order valence-corrected chi connectivity index (χ3v) is 5.02. The Morgan fingerprint density at radius 2 is 1.69 bits per heavy atom. The van der Waals surface area contributed by atoms with Crippen molar-refractivity contribution in [2.45, 2.75) is 26.2 Å². The van der Waals surface area contributed by atoms with E-state index in [0.29, 0.717) is 16.3 Å². The van der Waals surface area contributed by atoms with Crippen LogP contribution in [0.2, 0.25) is 0 Å². The second kappa shape index (κ2) is 7.57. The molecule has 0 aliphatic rings. The number of carbonyl (C=O) groups excluding carboxylic acids is 2. The molecule has 2 aromatic rings. The van der Waals surface area contributed by atoms with Gasteiger partial charge in [0.15, 0.2) is 0 Å². The molecule has 0 fully saturated rings. The standard InChI is InChI=1S/C18H20N2O5S/c1-18(2,3)13-9-12(14(26-13)16(23)25-4)20-17(24)19-11-7-5-10(6-8-11)15(21)22/h5-9H,1-4H3,(H,21,22)(H2,19,20,24). The fourth-order valence-electron chi connectivity index (χ4n) is 2.08. The van der Waals surface area contributed by atoms with Gasteiger partial charge in [-0.05, 0) is 35.7 Å². The van der Waals surface area contributed by atoms with E-state index in [0.717, 1.165) is 4.88 Å². The van der Waals surface area contributed by atoms with Crippen molar-refractivity contribution in [1.29, 1.82) is 0 Å². The molecule has 1 aromatic heterocycles.